The van der Waals surface area contributed by atoms with Crippen LogP contribution in [-0.4, -0.2) is 49.1 Å². The number of nitrogens with zero attached hydrogens (tertiary/aromatic N) is 1. The third-order valence-electron chi connectivity index (χ3n) is 4.51. The summed E-state index contributed by atoms with van der Waals surface area (Å²) in [4.78, 5) is 26.5. The lowest BCUT2D eigenvalue weighted by Gasteiger charge is -2.32. The molecule has 0 aromatic heterocycles. The fourth-order valence-electron chi connectivity index (χ4n) is 3.20. The number of benzene rings is 1. The Balaban J connectivity index is 0.00000208. The van der Waals surface area contributed by atoms with Gasteiger partial charge in [0.15, 0.2) is 0 Å². The Morgan fingerprint density at radius 1 is 1.17 bits per heavy atom. The van der Waals surface area contributed by atoms with Gasteiger partial charge in [-0.25, -0.2) is 4.79 Å². The van der Waals surface area contributed by atoms with Crippen LogP contribution in [0, 0.1) is 5.92 Å². The number of hydrogen-bond acceptors (Lipinski definition) is 3. The summed E-state index contributed by atoms with van der Waals surface area (Å²) in [6.45, 7) is 3.00. The van der Waals surface area contributed by atoms with Crippen molar-refractivity contribution in [2.75, 3.05) is 31.5 Å². The third-order valence-corrected chi connectivity index (χ3v) is 4.51. The number of nitrogens with one attached hydrogen (secondary N) is 3. The molecule has 132 valence electrons. The first-order valence-corrected chi connectivity index (χ1v) is 8.34. The van der Waals surface area contributed by atoms with Crippen molar-refractivity contribution in [3.05, 3.63) is 30.3 Å². The van der Waals surface area contributed by atoms with E-state index in [2.05, 4.69) is 16.0 Å². The molecule has 24 heavy (non-hydrogen) atoms. The van der Waals surface area contributed by atoms with Crippen molar-refractivity contribution in [1.29, 1.82) is 0 Å². The Bertz CT molecular complexity index is 549. The van der Waals surface area contributed by atoms with Gasteiger partial charge in [0.25, 0.3) is 0 Å². The van der Waals surface area contributed by atoms with Gasteiger partial charge in [0.2, 0.25) is 5.91 Å². The van der Waals surface area contributed by atoms with E-state index in [0.717, 1.165) is 38.0 Å². The second-order valence-electron chi connectivity index (χ2n) is 6.28. The van der Waals surface area contributed by atoms with Crippen LogP contribution in [0.4, 0.5) is 10.5 Å². The van der Waals surface area contributed by atoms with E-state index in [1.165, 1.54) is 0 Å². The molecule has 2 fully saturated rings. The molecule has 7 heteroatoms. The number of piperidine rings is 1. The summed E-state index contributed by atoms with van der Waals surface area (Å²) in [6.07, 6.45) is 2.70. The Labute approximate surface area is 148 Å². The number of anilines is 1. The smallest absolute Gasteiger partial charge is 0.321 e. The lowest BCUT2D eigenvalue weighted by atomic mass is 9.97. The average Bonchev–Trinajstić information content (AvgIpc) is 3.09. The number of rotatable bonds is 3. The zero-order chi connectivity index (χ0) is 16.1. The highest BCUT2D eigenvalue weighted by Crippen LogP contribution is 2.18. The Morgan fingerprint density at radius 2 is 1.96 bits per heavy atom. The van der Waals surface area contributed by atoms with E-state index in [9.17, 15) is 9.59 Å². The van der Waals surface area contributed by atoms with Gasteiger partial charge in [-0.05, 0) is 37.9 Å². The van der Waals surface area contributed by atoms with E-state index in [4.69, 9.17) is 0 Å². The van der Waals surface area contributed by atoms with E-state index in [1.54, 1.807) is 4.90 Å². The number of amides is 3. The minimum atomic E-state index is -0.128. The summed E-state index contributed by atoms with van der Waals surface area (Å²) in [6, 6.07) is 9.51. The predicted molar refractivity (Wildman–Crippen MR) is 96.4 cm³/mol. The van der Waals surface area contributed by atoms with Crippen molar-refractivity contribution < 1.29 is 9.59 Å². The van der Waals surface area contributed by atoms with Crippen molar-refractivity contribution in [2.45, 2.75) is 25.3 Å². The molecular weight excluding hydrogens is 328 g/mol. The Morgan fingerprint density at radius 3 is 2.67 bits per heavy atom. The summed E-state index contributed by atoms with van der Waals surface area (Å²) in [7, 11) is 0. The number of likely N-dealkylation sites (tertiary alicyclic amines) is 1. The Hall–Kier alpha value is -1.79. The summed E-state index contributed by atoms with van der Waals surface area (Å²) in [5, 5.41) is 9.23. The molecular formula is C17H25ClN4O2. The summed E-state index contributed by atoms with van der Waals surface area (Å²) in [5.74, 6) is -0.0261. The van der Waals surface area contributed by atoms with Gasteiger partial charge in [-0.15, -0.1) is 12.4 Å². The monoisotopic (exact) mass is 352 g/mol. The van der Waals surface area contributed by atoms with E-state index in [-0.39, 0.29) is 36.3 Å². The molecule has 2 aliphatic rings. The van der Waals surface area contributed by atoms with Crippen molar-refractivity contribution in [2.24, 2.45) is 5.92 Å². The maximum Gasteiger partial charge on any atom is 0.321 e. The highest BCUT2D eigenvalue weighted by molar-refractivity contribution is 5.90. The van der Waals surface area contributed by atoms with Crippen LogP contribution in [-0.2, 0) is 4.79 Å². The molecule has 2 unspecified atom stereocenters. The molecule has 1 aromatic carbocycles. The van der Waals surface area contributed by atoms with Crippen LogP contribution in [0.25, 0.3) is 0 Å². The molecule has 3 N–H and O–H groups in total. The molecule has 0 saturated carbocycles. The topological polar surface area (TPSA) is 73.5 Å². The molecule has 0 spiro atoms. The van der Waals surface area contributed by atoms with E-state index < -0.39 is 0 Å². The van der Waals surface area contributed by atoms with Gasteiger partial charge in [0.1, 0.15) is 0 Å². The van der Waals surface area contributed by atoms with Crippen LogP contribution in [0.1, 0.15) is 19.3 Å². The summed E-state index contributed by atoms with van der Waals surface area (Å²) < 4.78 is 0. The minimum Gasteiger partial charge on any atom is -0.352 e. The van der Waals surface area contributed by atoms with Gasteiger partial charge < -0.3 is 20.9 Å². The molecule has 2 heterocycles. The van der Waals surface area contributed by atoms with Crippen LogP contribution in [0.2, 0.25) is 0 Å². The lowest BCUT2D eigenvalue weighted by molar-refractivity contribution is -0.126. The molecule has 0 radical (unpaired) electrons. The number of urea groups is 1. The third kappa shape index (κ3) is 4.85. The zero-order valence-electron chi connectivity index (χ0n) is 13.7. The fraction of sp³-hybridized carbons (Fsp3) is 0.529. The minimum absolute atomic E-state index is 0. The number of carbonyl (C=O) groups is 2. The van der Waals surface area contributed by atoms with Crippen molar-refractivity contribution >= 4 is 30.0 Å². The summed E-state index contributed by atoms with van der Waals surface area (Å²) >= 11 is 0. The van der Waals surface area contributed by atoms with Crippen LogP contribution in [0.5, 0.6) is 0 Å². The molecule has 2 saturated heterocycles. The van der Waals surface area contributed by atoms with Crippen LogP contribution in [0.3, 0.4) is 0 Å². The van der Waals surface area contributed by atoms with E-state index in [1.807, 2.05) is 30.3 Å². The number of halogens is 1. The van der Waals surface area contributed by atoms with Gasteiger partial charge in [-0.1, -0.05) is 18.2 Å². The fourth-order valence-corrected chi connectivity index (χ4v) is 3.20. The van der Waals surface area contributed by atoms with Crippen molar-refractivity contribution in [3.63, 3.8) is 0 Å². The quantitative estimate of drug-likeness (QED) is 0.777. The molecule has 0 aliphatic carbocycles. The molecule has 0 bridgehead atoms. The highest BCUT2D eigenvalue weighted by atomic mass is 35.5. The zero-order valence-corrected chi connectivity index (χ0v) is 14.5. The molecule has 2 atom stereocenters. The molecule has 6 nitrogen and oxygen atoms in total. The van der Waals surface area contributed by atoms with Crippen LogP contribution in [0.15, 0.2) is 30.3 Å². The lowest BCUT2D eigenvalue weighted by Crippen LogP contribution is -2.49. The van der Waals surface area contributed by atoms with Crippen LogP contribution >= 0.6 is 12.4 Å². The van der Waals surface area contributed by atoms with Crippen molar-refractivity contribution in [1.82, 2.24) is 15.5 Å². The normalized spacial score (nSPS) is 23.2. The van der Waals surface area contributed by atoms with Gasteiger partial charge in [0.05, 0.1) is 5.92 Å². The molecule has 3 rings (SSSR count). The first-order chi connectivity index (χ1) is 11.2. The number of para-hydroxylation sites is 1. The van der Waals surface area contributed by atoms with Crippen molar-refractivity contribution in [3.8, 4) is 0 Å². The van der Waals surface area contributed by atoms with Gasteiger partial charge in [0, 0.05) is 31.4 Å². The van der Waals surface area contributed by atoms with Gasteiger partial charge in [-0.2, -0.15) is 0 Å². The second kappa shape index (κ2) is 8.89. The van der Waals surface area contributed by atoms with E-state index in [0.29, 0.717) is 13.1 Å². The van der Waals surface area contributed by atoms with Gasteiger partial charge >= 0.3 is 6.03 Å². The largest absolute Gasteiger partial charge is 0.352 e. The van der Waals surface area contributed by atoms with Gasteiger partial charge in [-0.3, -0.25) is 4.79 Å². The second-order valence-corrected chi connectivity index (χ2v) is 6.28. The number of carbonyl (C=O) groups excluding carboxylic acids is 2. The summed E-state index contributed by atoms with van der Waals surface area (Å²) in [5.41, 5.74) is 0.779. The molecule has 2 aliphatic heterocycles. The highest BCUT2D eigenvalue weighted by Gasteiger charge is 2.30. The first kappa shape index (κ1) is 18.5. The SMILES string of the molecule is Cl.O=C(NC1CCNC1)C1CCCN(C(=O)Nc2ccccc2)C1. The molecule has 1 aromatic rings. The predicted octanol–water partition coefficient (Wildman–Crippen LogP) is 1.83. The molecule has 3 amide bonds. The maximum absolute atomic E-state index is 12.4. The Kier molecular flexibility index (Phi) is 6.87. The standard InChI is InChI=1S/C17H24N4O2.ClH/c22-16(19-15-8-9-18-11-15)13-5-4-10-21(12-13)17(23)20-14-6-2-1-3-7-14;/h1-3,6-7,13,15,18H,4-5,8-12H2,(H,19,22)(H,20,23);1H. The maximum atomic E-state index is 12.4. The number of hydrogen-bond donors (Lipinski definition) is 3. The van der Waals surface area contributed by atoms with E-state index >= 15 is 0 Å². The van der Waals surface area contributed by atoms with Crippen LogP contribution < -0.4 is 16.0 Å². The first-order valence-electron chi connectivity index (χ1n) is 8.34. The average molecular weight is 353 g/mol.